The number of H-pyrrole nitrogens is 1. The van der Waals surface area contributed by atoms with Crippen LogP contribution in [0.1, 0.15) is 37.0 Å². The number of hydrogen-bond acceptors (Lipinski definition) is 8. The van der Waals surface area contributed by atoms with E-state index in [4.69, 9.17) is 25.6 Å². The molecular formula is C27H31ClN6O5. The van der Waals surface area contributed by atoms with E-state index in [2.05, 4.69) is 25.8 Å². The summed E-state index contributed by atoms with van der Waals surface area (Å²) in [6, 6.07) is 4.36. The second-order valence-corrected chi connectivity index (χ2v) is 10.8. The van der Waals surface area contributed by atoms with Crippen molar-refractivity contribution in [3.05, 3.63) is 47.1 Å². The summed E-state index contributed by atoms with van der Waals surface area (Å²) >= 11 is 6.58. The number of aromatic nitrogens is 3. The molecule has 1 aromatic carbocycles. The summed E-state index contributed by atoms with van der Waals surface area (Å²) in [6.07, 6.45) is 3.42. The maximum absolute atomic E-state index is 13.8. The Morgan fingerprint density at radius 1 is 1.33 bits per heavy atom. The maximum Gasteiger partial charge on any atom is 0.273 e. The van der Waals surface area contributed by atoms with Gasteiger partial charge in [-0.3, -0.25) is 19.5 Å². The van der Waals surface area contributed by atoms with Crippen LogP contribution in [0.5, 0.6) is 5.75 Å². The lowest BCUT2D eigenvalue weighted by molar-refractivity contribution is -0.143. The normalized spacial score (nSPS) is 18.3. The van der Waals surface area contributed by atoms with Crippen molar-refractivity contribution in [2.24, 2.45) is 0 Å². The Bertz CT molecular complexity index is 1550. The van der Waals surface area contributed by atoms with Gasteiger partial charge in [-0.15, -0.1) is 0 Å². The first kappa shape index (κ1) is 26.9. The van der Waals surface area contributed by atoms with E-state index in [0.717, 1.165) is 16.3 Å². The molecule has 1 aliphatic heterocycles. The number of methoxy groups -OCH3 is 1. The van der Waals surface area contributed by atoms with E-state index in [9.17, 15) is 9.59 Å². The van der Waals surface area contributed by atoms with Gasteiger partial charge in [0.15, 0.2) is 11.4 Å². The second kappa shape index (κ2) is 10.5. The SMILES string of the molecule is COc1c(Cl)cc2c([nH]c3cnccc32)c1NC(=O)C1COC(C)(C)CN1C[C@H](C)NC(=O)c1cc(C)on1. The molecule has 1 fully saturated rings. The molecule has 3 N–H and O–H groups in total. The molecule has 0 radical (unpaired) electrons. The summed E-state index contributed by atoms with van der Waals surface area (Å²) in [4.78, 5) is 35.9. The van der Waals surface area contributed by atoms with Gasteiger partial charge in [0.2, 0.25) is 5.91 Å². The Kier molecular flexibility index (Phi) is 7.23. The molecule has 2 amide bonds. The highest BCUT2D eigenvalue weighted by Crippen LogP contribution is 2.42. The number of aromatic amines is 1. The Morgan fingerprint density at radius 2 is 2.13 bits per heavy atom. The number of benzene rings is 1. The van der Waals surface area contributed by atoms with Crippen LogP contribution in [-0.4, -0.2) is 76.3 Å². The monoisotopic (exact) mass is 554 g/mol. The molecule has 39 heavy (non-hydrogen) atoms. The van der Waals surface area contributed by atoms with Crippen molar-refractivity contribution >= 4 is 50.9 Å². The average molecular weight is 555 g/mol. The average Bonchev–Trinajstić information content (AvgIpc) is 3.47. The zero-order chi connectivity index (χ0) is 27.9. The van der Waals surface area contributed by atoms with Crippen molar-refractivity contribution in [1.82, 2.24) is 25.3 Å². The Hall–Kier alpha value is -3.67. The number of morpholine rings is 1. The molecule has 206 valence electrons. The van der Waals surface area contributed by atoms with Crippen LogP contribution < -0.4 is 15.4 Å². The fraction of sp³-hybridized carbons (Fsp3) is 0.407. The Morgan fingerprint density at radius 3 is 2.85 bits per heavy atom. The number of anilines is 1. The molecule has 4 heterocycles. The van der Waals surface area contributed by atoms with Gasteiger partial charge in [0, 0.05) is 42.2 Å². The van der Waals surface area contributed by atoms with Crippen molar-refractivity contribution in [3.8, 4) is 5.75 Å². The summed E-state index contributed by atoms with van der Waals surface area (Å²) in [5.41, 5.74) is 1.66. The van der Waals surface area contributed by atoms with Crippen molar-refractivity contribution < 1.29 is 23.6 Å². The molecule has 1 saturated heterocycles. The Balaban J connectivity index is 1.40. The Labute approximate surface area is 230 Å². The third-order valence-electron chi connectivity index (χ3n) is 6.76. The van der Waals surface area contributed by atoms with Crippen LogP contribution in [0.15, 0.2) is 35.1 Å². The highest BCUT2D eigenvalue weighted by Gasteiger charge is 2.39. The number of hydrogen-bond donors (Lipinski definition) is 3. The lowest BCUT2D eigenvalue weighted by Crippen LogP contribution is -2.60. The van der Waals surface area contributed by atoms with Gasteiger partial charge in [-0.25, -0.2) is 0 Å². The van der Waals surface area contributed by atoms with Crippen LogP contribution >= 0.6 is 11.6 Å². The molecule has 1 aliphatic rings. The molecule has 1 unspecified atom stereocenters. The fourth-order valence-electron chi connectivity index (χ4n) is 5.02. The minimum Gasteiger partial charge on any atom is -0.493 e. The summed E-state index contributed by atoms with van der Waals surface area (Å²) in [5, 5.41) is 11.9. The highest BCUT2D eigenvalue weighted by atomic mass is 35.5. The van der Waals surface area contributed by atoms with Gasteiger partial charge in [-0.05, 0) is 39.8 Å². The summed E-state index contributed by atoms with van der Waals surface area (Å²) in [7, 11) is 1.51. The predicted molar refractivity (Wildman–Crippen MR) is 147 cm³/mol. The molecule has 0 bridgehead atoms. The van der Waals surface area contributed by atoms with Gasteiger partial charge in [0.1, 0.15) is 17.5 Å². The third kappa shape index (κ3) is 5.42. The molecule has 11 nitrogen and oxygen atoms in total. The van der Waals surface area contributed by atoms with Gasteiger partial charge in [-0.2, -0.15) is 0 Å². The fourth-order valence-corrected chi connectivity index (χ4v) is 5.30. The maximum atomic E-state index is 13.8. The molecule has 2 atom stereocenters. The van der Waals surface area contributed by atoms with Crippen molar-refractivity contribution in [2.75, 3.05) is 32.1 Å². The van der Waals surface area contributed by atoms with E-state index in [-0.39, 0.29) is 30.2 Å². The zero-order valence-corrected chi connectivity index (χ0v) is 23.2. The van der Waals surface area contributed by atoms with Gasteiger partial charge in [-0.1, -0.05) is 16.8 Å². The van der Waals surface area contributed by atoms with E-state index in [1.54, 1.807) is 25.4 Å². The van der Waals surface area contributed by atoms with E-state index in [0.29, 0.717) is 40.8 Å². The molecule has 0 spiro atoms. The summed E-state index contributed by atoms with van der Waals surface area (Å²) < 4.78 is 16.6. The topological polar surface area (TPSA) is 135 Å². The third-order valence-corrected chi connectivity index (χ3v) is 7.04. The number of ether oxygens (including phenoxy) is 2. The molecule has 0 aliphatic carbocycles. The van der Waals surface area contributed by atoms with Crippen molar-refractivity contribution in [3.63, 3.8) is 0 Å². The number of carbonyl (C=O) groups excluding carboxylic acids is 2. The van der Waals surface area contributed by atoms with E-state index >= 15 is 0 Å². The predicted octanol–water partition coefficient (Wildman–Crippen LogP) is 3.91. The first-order chi connectivity index (χ1) is 18.6. The number of aryl methyl sites for hydroxylation is 1. The second-order valence-electron chi connectivity index (χ2n) is 10.4. The first-order valence-electron chi connectivity index (χ1n) is 12.6. The standard InChI is InChI=1S/C27H31ClN6O5/c1-14(30-25(35)19-8-15(2)39-33-19)11-34-13-27(3,4)38-12-21(34)26(36)32-23-22-17(9-18(28)24(23)37-5)16-6-7-29-10-20(16)31-22/h6-10,14,21,31H,11-13H2,1-5H3,(H,30,35)(H,32,36)/t14-,21?/m0/s1. The smallest absolute Gasteiger partial charge is 0.273 e. The van der Waals surface area contributed by atoms with E-state index in [1.165, 1.54) is 7.11 Å². The van der Waals surface area contributed by atoms with Gasteiger partial charge in [0.25, 0.3) is 5.91 Å². The van der Waals surface area contributed by atoms with Crippen LogP contribution in [0.4, 0.5) is 5.69 Å². The number of carbonyl (C=O) groups is 2. The number of amides is 2. The van der Waals surface area contributed by atoms with Gasteiger partial charge >= 0.3 is 0 Å². The number of fused-ring (bicyclic) bond motifs is 3. The number of pyridine rings is 1. The van der Waals surface area contributed by atoms with Crippen LogP contribution in [0.25, 0.3) is 21.8 Å². The van der Waals surface area contributed by atoms with Gasteiger partial charge < -0.3 is 29.6 Å². The number of rotatable bonds is 7. The molecule has 12 heteroatoms. The first-order valence-corrected chi connectivity index (χ1v) is 13.0. The quantitative estimate of drug-likeness (QED) is 0.313. The van der Waals surface area contributed by atoms with Gasteiger partial charge in [0.05, 0.1) is 41.6 Å². The minimum atomic E-state index is -0.628. The minimum absolute atomic E-state index is 0.171. The highest BCUT2D eigenvalue weighted by molar-refractivity contribution is 6.35. The van der Waals surface area contributed by atoms with Crippen LogP contribution in [0.2, 0.25) is 5.02 Å². The number of nitrogens with zero attached hydrogens (tertiary/aromatic N) is 3. The largest absolute Gasteiger partial charge is 0.493 e. The lowest BCUT2D eigenvalue weighted by atomic mass is 10.0. The van der Waals surface area contributed by atoms with Crippen molar-refractivity contribution in [2.45, 2.75) is 45.4 Å². The van der Waals surface area contributed by atoms with E-state index in [1.807, 2.05) is 37.8 Å². The van der Waals surface area contributed by atoms with Crippen LogP contribution in [0, 0.1) is 6.92 Å². The molecule has 0 saturated carbocycles. The lowest BCUT2D eigenvalue weighted by Gasteiger charge is -2.43. The van der Waals surface area contributed by atoms with Crippen LogP contribution in [0.3, 0.4) is 0 Å². The van der Waals surface area contributed by atoms with Crippen LogP contribution in [-0.2, 0) is 9.53 Å². The van der Waals surface area contributed by atoms with E-state index < -0.39 is 11.6 Å². The molecule has 5 rings (SSSR count). The summed E-state index contributed by atoms with van der Waals surface area (Å²) in [6.45, 7) is 8.61. The summed E-state index contributed by atoms with van der Waals surface area (Å²) in [5.74, 6) is 0.280. The molecule has 3 aromatic heterocycles. The number of halogens is 1. The number of nitrogens with one attached hydrogen (secondary N) is 3. The zero-order valence-electron chi connectivity index (χ0n) is 22.4. The molecule has 4 aromatic rings. The molecular weight excluding hydrogens is 524 g/mol. The van der Waals surface area contributed by atoms with Crippen molar-refractivity contribution in [1.29, 1.82) is 0 Å².